The first-order valence-corrected chi connectivity index (χ1v) is 7.44. The molecule has 3 heteroatoms. The molecule has 1 N–H and O–H groups in total. The zero-order chi connectivity index (χ0) is 14.8. The molecule has 2 aliphatic rings. The number of hydrogen-bond acceptors (Lipinski definition) is 2. The summed E-state index contributed by atoms with van der Waals surface area (Å²) in [6.07, 6.45) is 5.70. The zero-order valence-corrected chi connectivity index (χ0v) is 11.8. The molecule has 1 aliphatic carbocycles. The number of carbonyl (C=O) groups excluding carboxylic acids is 1. The highest BCUT2D eigenvalue weighted by atomic mass is 16.1. The number of rotatable bonds is 3. The second kappa shape index (κ2) is 5.80. The number of amides is 1. The molecule has 20 heavy (non-hydrogen) atoms. The highest BCUT2D eigenvalue weighted by Gasteiger charge is 2.34. The van der Waals surface area contributed by atoms with Crippen molar-refractivity contribution >= 4 is 5.91 Å². The third kappa shape index (κ3) is 2.50. The van der Waals surface area contributed by atoms with Crippen LogP contribution in [-0.2, 0) is 11.2 Å². The van der Waals surface area contributed by atoms with E-state index in [0.29, 0.717) is 12.1 Å². The molecule has 1 aromatic carbocycles. The minimum absolute atomic E-state index is 0.0475. The Bertz CT molecular complexity index is 558. The van der Waals surface area contributed by atoms with Crippen molar-refractivity contribution in [1.29, 1.82) is 0 Å². The number of hydrogen-bond donors (Lipinski definition) is 1. The van der Waals surface area contributed by atoms with Crippen LogP contribution in [0.15, 0.2) is 37.0 Å². The molecule has 1 fully saturated rings. The molecular weight excluding hydrogens is 248 g/mol. The molecule has 1 saturated heterocycles. The summed E-state index contributed by atoms with van der Waals surface area (Å²) in [5, 5.41) is 2.70. The topological polar surface area (TPSA) is 32.3 Å². The van der Waals surface area contributed by atoms with Gasteiger partial charge >= 0.3 is 0 Å². The van der Waals surface area contributed by atoms with Crippen molar-refractivity contribution in [2.75, 3.05) is 13.1 Å². The predicted molar refractivity (Wildman–Crippen MR) is 80.1 cm³/mol. The molecule has 0 spiro atoms. The van der Waals surface area contributed by atoms with Crippen LogP contribution in [0.1, 0.15) is 37.8 Å². The summed E-state index contributed by atoms with van der Waals surface area (Å²) in [5.74, 6) is 0.119. The summed E-state index contributed by atoms with van der Waals surface area (Å²) in [4.78, 5) is 14.3. The number of aryl methyl sites for hydroxylation is 1. The van der Waals surface area contributed by atoms with Gasteiger partial charge in [-0.1, -0.05) is 30.8 Å². The predicted octanol–water partition coefficient (Wildman–Crippen LogP) is 2.65. The van der Waals surface area contributed by atoms with Crippen molar-refractivity contribution in [3.63, 3.8) is 0 Å². The lowest BCUT2D eigenvalue weighted by atomic mass is 9.87. The fourth-order valence-electron chi connectivity index (χ4n) is 3.51. The minimum Gasteiger partial charge on any atom is -0.333 e. The maximum absolute atomic E-state index is 11.9. The zero-order valence-electron chi connectivity index (χ0n) is 12.8. The van der Waals surface area contributed by atoms with Gasteiger partial charge < -0.3 is 5.32 Å². The van der Waals surface area contributed by atoms with Crippen LogP contribution in [0.25, 0.3) is 0 Å². The third-order valence-corrected chi connectivity index (χ3v) is 4.51. The Morgan fingerprint density at radius 2 is 2.40 bits per heavy atom. The van der Waals surface area contributed by atoms with Gasteiger partial charge in [0.1, 0.15) is 0 Å². The van der Waals surface area contributed by atoms with Crippen molar-refractivity contribution in [2.24, 2.45) is 5.92 Å². The normalized spacial score (nSPS) is 26.7. The summed E-state index contributed by atoms with van der Waals surface area (Å²) in [6, 6.07) is 6.97. The number of fused-ring (bicyclic) bond motifs is 1. The van der Waals surface area contributed by atoms with Gasteiger partial charge in [-0.15, -0.1) is 0 Å². The third-order valence-electron chi connectivity index (χ3n) is 4.51. The quantitative estimate of drug-likeness (QED) is 0.917. The number of benzene rings is 1. The number of carbonyl (C=O) groups is 1. The van der Waals surface area contributed by atoms with E-state index in [4.69, 9.17) is 1.37 Å². The Hall–Kier alpha value is -1.61. The van der Waals surface area contributed by atoms with Crippen LogP contribution >= 0.6 is 0 Å². The maximum Gasteiger partial charge on any atom is 0.228 e. The summed E-state index contributed by atoms with van der Waals surface area (Å²) in [7, 11) is 0. The molecule has 2 unspecified atom stereocenters. The Labute approximate surface area is 122 Å². The second-order valence-electron chi connectivity index (χ2n) is 5.71. The van der Waals surface area contributed by atoms with Gasteiger partial charge in [0.15, 0.2) is 0 Å². The molecule has 0 radical (unpaired) electrons. The fourth-order valence-corrected chi connectivity index (χ4v) is 3.51. The molecule has 1 aromatic rings. The van der Waals surface area contributed by atoms with Gasteiger partial charge in [0.25, 0.3) is 0 Å². The van der Waals surface area contributed by atoms with Gasteiger partial charge in [-0.05, 0) is 49.6 Å². The largest absolute Gasteiger partial charge is 0.333 e. The minimum atomic E-state index is 0.0475. The monoisotopic (exact) mass is 272 g/mol. The lowest BCUT2D eigenvalue weighted by Crippen LogP contribution is -2.32. The van der Waals surface area contributed by atoms with E-state index >= 15 is 0 Å². The van der Waals surface area contributed by atoms with E-state index in [0.717, 1.165) is 32.4 Å². The van der Waals surface area contributed by atoms with Crippen LogP contribution in [-0.4, -0.2) is 23.9 Å². The number of nitrogens with zero attached hydrogens (tertiary/aromatic N) is 1. The van der Waals surface area contributed by atoms with E-state index in [2.05, 4.69) is 22.9 Å². The Morgan fingerprint density at radius 3 is 3.25 bits per heavy atom. The highest BCUT2D eigenvalue weighted by Crippen LogP contribution is 2.36. The van der Waals surface area contributed by atoms with Gasteiger partial charge in [-0.2, -0.15) is 0 Å². The summed E-state index contributed by atoms with van der Waals surface area (Å²) in [6.45, 7) is 5.28. The molecule has 106 valence electrons. The van der Waals surface area contributed by atoms with Crippen molar-refractivity contribution in [1.82, 2.24) is 10.2 Å². The molecule has 0 aromatic heterocycles. The van der Waals surface area contributed by atoms with Gasteiger partial charge in [0.2, 0.25) is 5.91 Å². The number of nitrogens with one attached hydrogen (secondary N) is 1. The van der Waals surface area contributed by atoms with E-state index in [-0.39, 0.29) is 11.8 Å². The maximum atomic E-state index is 11.9. The summed E-state index contributed by atoms with van der Waals surface area (Å²) >= 11 is 0. The van der Waals surface area contributed by atoms with Crippen LogP contribution in [0.4, 0.5) is 0 Å². The van der Waals surface area contributed by atoms with Crippen LogP contribution < -0.4 is 5.32 Å². The van der Waals surface area contributed by atoms with Crippen LogP contribution in [0, 0.1) is 5.92 Å². The van der Waals surface area contributed by atoms with Crippen LogP contribution in [0.3, 0.4) is 0 Å². The van der Waals surface area contributed by atoms with E-state index in [1.54, 1.807) is 0 Å². The van der Waals surface area contributed by atoms with Crippen molar-refractivity contribution < 1.29 is 6.17 Å². The van der Waals surface area contributed by atoms with Gasteiger partial charge in [-0.25, -0.2) is 0 Å². The lowest BCUT2D eigenvalue weighted by Gasteiger charge is -2.33. The van der Waals surface area contributed by atoms with E-state index in [1.807, 2.05) is 12.1 Å². The van der Waals surface area contributed by atoms with Crippen LogP contribution in [0.5, 0.6) is 0 Å². The Kier molecular flexibility index (Phi) is 3.52. The number of likely N-dealkylation sites (tertiary alicyclic amines) is 1. The highest BCUT2D eigenvalue weighted by molar-refractivity contribution is 5.80. The summed E-state index contributed by atoms with van der Waals surface area (Å²) < 4.78 is 8.22. The average Bonchev–Trinajstić information content (AvgIpc) is 2.97. The van der Waals surface area contributed by atoms with Gasteiger partial charge in [-0.3, -0.25) is 9.69 Å². The van der Waals surface area contributed by atoms with E-state index in [1.165, 1.54) is 23.7 Å². The van der Waals surface area contributed by atoms with E-state index in [9.17, 15) is 4.79 Å². The van der Waals surface area contributed by atoms with E-state index < -0.39 is 0 Å². The standard InChI is InChI=1S/C17H22N2O/c1-2-18-17(20)14-10-11-19(12-14)16-9-5-7-13-6-3-4-8-15(13)16/h2-4,6,8,14,16H,1,5,7,9-12H2,(H,18,20)/i8T. The molecular formula is C17H22N2O. The molecule has 3 nitrogen and oxygen atoms in total. The first-order chi connectivity index (χ1) is 10.2. The van der Waals surface area contributed by atoms with Crippen molar-refractivity contribution in [2.45, 2.75) is 31.7 Å². The van der Waals surface area contributed by atoms with Crippen LogP contribution in [0.2, 0.25) is 0 Å². The lowest BCUT2D eigenvalue weighted by molar-refractivity contribution is -0.123. The Morgan fingerprint density at radius 1 is 1.50 bits per heavy atom. The van der Waals surface area contributed by atoms with Crippen molar-refractivity contribution in [3.8, 4) is 0 Å². The molecule has 1 aliphatic heterocycles. The first-order valence-electron chi connectivity index (χ1n) is 7.94. The fraction of sp³-hybridized carbons (Fsp3) is 0.471. The SMILES string of the molecule is [3H]c1cccc2c1C(N1CCC(C(=O)NC=C)C1)CCC2. The molecule has 2 atom stereocenters. The summed E-state index contributed by atoms with van der Waals surface area (Å²) in [5.41, 5.74) is 2.51. The molecule has 3 rings (SSSR count). The average molecular weight is 272 g/mol. The molecule has 1 amide bonds. The molecule has 1 heterocycles. The Balaban J connectivity index is 1.78. The molecule has 0 saturated carbocycles. The van der Waals surface area contributed by atoms with Gasteiger partial charge in [0, 0.05) is 12.6 Å². The molecule has 0 bridgehead atoms. The first kappa shape index (κ1) is 12.2. The van der Waals surface area contributed by atoms with Gasteiger partial charge in [0.05, 0.1) is 7.29 Å². The smallest absolute Gasteiger partial charge is 0.228 e. The van der Waals surface area contributed by atoms with Crippen molar-refractivity contribution in [3.05, 3.63) is 48.1 Å². The second-order valence-corrected chi connectivity index (χ2v) is 5.71.